The van der Waals surface area contributed by atoms with Gasteiger partial charge >= 0.3 is 0 Å². The summed E-state index contributed by atoms with van der Waals surface area (Å²) in [5.74, 6) is 2.22. The van der Waals surface area contributed by atoms with Gasteiger partial charge < -0.3 is 9.42 Å². The normalized spacial score (nSPS) is 19.0. The van der Waals surface area contributed by atoms with Gasteiger partial charge in [-0.3, -0.25) is 4.68 Å². The molecule has 22 heavy (non-hydrogen) atoms. The summed E-state index contributed by atoms with van der Waals surface area (Å²) in [5, 5.41) is 9.35. The number of anilines is 1. The molecule has 0 N–H and O–H groups in total. The van der Waals surface area contributed by atoms with E-state index in [-0.39, 0.29) is 6.04 Å². The number of piperidine rings is 1. The van der Waals surface area contributed by atoms with E-state index in [1.54, 1.807) is 11.0 Å². The molecule has 1 saturated heterocycles. The van der Waals surface area contributed by atoms with E-state index in [9.17, 15) is 0 Å². The van der Waals surface area contributed by atoms with E-state index in [1.807, 2.05) is 20.2 Å². The predicted octanol–water partition coefficient (Wildman–Crippen LogP) is 1.79. The maximum Gasteiger partial charge on any atom is 0.223 e. The van der Waals surface area contributed by atoms with Crippen LogP contribution in [0.15, 0.2) is 17.0 Å². The van der Waals surface area contributed by atoms with Gasteiger partial charge in [0.2, 0.25) is 5.89 Å². The topological polar surface area (TPSA) is 85.8 Å². The van der Waals surface area contributed by atoms with Crippen LogP contribution in [0.4, 0.5) is 5.82 Å². The highest BCUT2D eigenvalue weighted by atomic mass is 16.5. The summed E-state index contributed by atoms with van der Waals surface area (Å²) in [6, 6.07) is 0.0875. The van der Waals surface area contributed by atoms with Gasteiger partial charge in [-0.25, -0.2) is 9.97 Å². The number of hydrogen-bond donors (Lipinski definition) is 0. The van der Waals surface area contributed by atoms with Crippen LogP contribution in [0.2, 0.25) is 0 Å². The number of nitrogens with zero attached hydrogens (tertiary/aromatic N) is 7. The molecule has 0 aromatic carbocycles. The largest absolute Gasteiger partial charge is 0.346 e. The van der Waals surface area contributed by atoms with Crippen molar-refractivity contribution in [3.05, 3.63) is 24.2 Å². The lowest BCUT2D eigenvalue weighted by Gasteiger charge is -2.34. The summed E-state index contributed by atoms with van der Waals surface area (Å²) < 4.78 is 6.92. The van der Waals surface area contributed by atoms with Crippen molar-refractivity contribution in [3.63, 3.8) is 0 Å². The van der Waals surface area contributed by atoms with Gasteiger partial charge in [-0.05, 0) is 19.3 Å². The van der Waals surface area contributed by atoms with E-state index in [0.29, 0.717) is 5.89 Å². The summed E-state index contributed by atoms with van der Waals surface area (Å²) in [4.78, 5) is 15.5. The highest BCUT2D eigenvalue weighted by Gasteiger charge is 2.30. The fourth-order valence-electron chi connectivity index (χ4n) is 3.08. The molecule has 0 saturated carbocycles. The SMILES string of the molecule is Cc1nc([C@H]2CCCCN2c2ncnc3c2cnn3C)no1. The first-order valence-electron chi connectivity index (χ1n) is 7.43. The Morgan fingerprint density at radius 3 is 3.00 bits per heavy atom. The van der Waals surface area contributed by atoms with Gasteiger partial charge in [-0.15, -0.1) is 0 Å². The Hall–Kier alpha value is -2.51. The molecule has 8 nitrogen and oxygen atoms in total. The van der Waals surface area contributed by atoms with E-state index in [0.717, 1.165) is 48.5 Å². The molecule has 3 aromatic heterocycles. The molecule has 0 bridgehead atoms. The highest BCUT2D eigenvalue weighted by molar-refractivity contribution is 5.86. The number of aryl methyl sites for hydroxylation is 2. The lowest BCUT2D eigenvalue weighted by molar-refractivity contribution is 0.372. The second-order valence-electron chi connectivity index (χ2n) is 5.58. The third-order valence-corrected chi connectivity index (χ3v) is 4.12. The van der Waals surface area contributed by atoms with Gasteiger partial charge in [0.25, 0.3) is 0 Å². The van der Waals surface area contributed by atoms with Crippen LogP contribution in [-0.4, -0.2) is 36.4 Å². The van der Waals surface area contributed by atoms with Crippen molar-refractivity contribution in [2.75, 3.05) is 11.4 Å². The average Bonchev–Trinajstić information content (AvgIpc) is 3.14. The van der Waals surface area contributed by atoms with E-state index >= 15 is 0 Å². The van der Waals surface area contributed by atoms with E-state index in [1.165, 1.54) is 0 Å². The molecule has 4 rings (SSSR count). The molecule has 3 aromatic rings. The van der Waals surface area contributed by atoms with Gasteiger partial charge in [0.05, 0.1) is 17.6 Å². The van der Waals surface area contributed by atoms with Crippen LogP contribution in [0.5, 0.6) is 0 Å². The summed E-state index contributed by atoms with van der Waals surface area (Å²) in [5.41, 5.74) is 0.832. The van der Waals surface area contributed by atoms with Gasteiger partial charge in [-0.2, -0.15) is 10.1 Å². The van der Waals surface area contributed by atoms with E-state index in [4.69, 9.17) is 4.52 Å². The number of rotatable bonds is 2. The van der Waals surface area contributed by atoms with Crippen LogP contribution in [0.25, 0.3) is 11.0 Å². The minimum absolute atomic E-state index is 0.0875. The Morgan fingerprint density at radius 1 is 1.27 bits per heavy atom. The Morgan fingerprint density at radius 2 is 2.18 bits per heavy atom. The van der Waals surface area contributed by atoms with Gasteiger partial charge in [0, 0.05) is 20.5 Å². The first kappa shape index (κ1) is 13.2. The monoisotopic (exact) mass is 299 g/mol. The van der Waals surface area contributed by atoms with Crippen molar-refractivity contribution in [2.45, 2.75) is 32.2 Å². The molecule has 0 spiro atoms. The Bertz CT molecular complexity index is 808. The third-order valence-electron chi connectivity index (χ3n) is 4.12. The van der Waals surface area contributed by atoms with Crippen molar-refractivity contribution in [1.29, 1.82) is 0 Å². The van der Waals surface area contributed by atoms with Crippen molar-refractivity contribution < 1.29 is 4.52 Å². The zero-order valence-electron chi connectivity index (χ0n) is 12.6. The lowest BCUT2D eigenvalue weighted by atomic mass is 10.0. The molecule has 0 amide bonds. The summed E-state index contributed by atoms with van der Waals surface area (Å²) in [6.45, 7) is 2.73. The minimum Gasteiger partial charge on any atom is -0.346 e. The maximum absolute atomic E-state index is 5.16. The Labute approximate surface area is 127 Å². The smallest absolute Gasteiger partial charge is 0.223 e. The van der Waals surface area contributed by atoms with Crippen LogP contribution in [0.3, 0.4) is 0 Å². The van der Waals surface area contributed by atoms with Crippen molar-refractivity contribution in [3.8, 4) is 0 Å². The van der Waals surface area contributed by atoms with Crippen molar-refractivity contribution in [2.24, 2.45) is 7.05 Å². The molecule has 0 radical (unpaired) electrons. The molecule has 114 valence electrons. The molecule has 0 aliphatic carbocycles. The van der Waals surface area contributed by atoms with E-state index < -0.39 is 0 Å². The lowest BCUT2D eigenvalue weighted by Crippen LogP contribution is -2.34. The number of aromatic nitrogens is 6. The average molecular weight is 299 g/mol. The molecule has 8 heteroatoms. The Kier molecular flexibility index (Phi) is 3.02. The number of fused-ring (bicyclic) bond motifs is 1. The van der Waals surface area contributed by atoms with Crippen LogP contribution >= 0.6 is 0 Å². The molecule has 1 aliphatic rings. The Balaban J connectivity index is 1.80. The van der Waals surface area contributed by atoms with Gasteiger partial charge in [0.15, 0.2) is 11.5 Å². The summed E-state index contributed by atoms with van der Waals surface area (Å²) in [7, 11) is 1.88. The van der Waals surface area contributed by atoms with Crippen LogP contribution in [0, 0.1) is 6.92 Å². The second-order valence-corrected chi connectivity index (χ2v) is 5.58. The molecular weight excluding hydrogens is 282 g/mol. The quantitative estimate of drug-likeness (QED) is 0.713. The maximum atomic E-state index is 5.16. The van der Waals surface area contributed by atoms with Crippen LogP contribution in [-0.2, 0) is 7.05 Å². The zero-order valence-corrected chi connectivity index (χ0v) is 12.6. The number of hydrogen-bond acceptors (Lipinski definition) is 7. The molecule has 0 unspecified atom stereocenters. The fraction of sp³-hybridized carbons (Fsp3) is 0.500. The van der Waals surface area contributed by atoms with E-state index in [2.05, 4.69) is 30.1 Å². The van der Waals surface area contributed by atoms with Crippen LogP contribution in [0.1, 0.15) is 37.0 Å². The van der Waals surface area contributed by atoms with Crippen molar-refractivity contribution >= 4 is 16.9 Å². The molecule has 1 fully saturated rings. The third kappa shape index (κ3) is 2.02. The molecule has 4 heterocycles. The van der Waals surface area contributed by atoms with Crippen molar-refractivity contribution in [1.82, 2.24) is 29.9 Å². The molecular formula is C14H17N7O. The minimum atomic E-state index is 0.0875. The van der Waals surface area contributed by atoms with Gasteiger partial charge in [0.1, 0.15) is 12.1 Å². The second kappa shape index (κ2) is 5.04. The first-order valence-corrected chi connectivity index (χ1v) is 7.43. The highest BCUT2D eigenvalue weighted by Crippen LogP contribution is 2.35. The first-order chi connectivity index (χ1) is 10.7. The summed E-state index contributed by atoms with van der Waals surface area (Å²) >= 11 is 0. The zero-order chi connectivity index (χ0) is 15.1. The molecule has 1 aliphatic heterocycles. The molecule has 1 atom stereocenters. The standard InChI is InChI=1S/C14H17N7O/c1-9-18-12(19-22-9)11-5-3-4-6-21(11)14-10-7-17-20(2)13(10)15-8-16-14/h7-8,11H,3-6H2,1-2H3/t11-/m1/s1. The van der Waals surface area contributed by atoms with Crippen LogP contribution < -0.4 is 4.90 Å². The fourth-order valence-corrected chi connectivity index (χ4v) is 3.08. The predicted molar refractivity (Wildman–Crippen MR) is 79.3 cm³/mol. The summed E-state index contributed by atoms with van der Waals surface area (Å²) in [6.07, 6.45) is 6.67. The van der Waals surface area contributed by atoms with Gasteiger partial charge in [-0.1, -0.05) is 5.16 Å².